The maximum absolute atomic E-state index is 13.9. The van der Waals surface area contributed by atoms with Crippen LogP contribution >= 0.6 is 11.6 Å². The molecule has 0 unspecified atom stereocenters. The topological polar surface area (TPSA) is 379 Å². The highest BCUT2D eigenvalue weighted by molar-refractivity contribution is 6.61. The van der Waals surface area contributed by atoms with E-state index in [2.05, 4.69) is 57.7 Å². The number of nitriles is 1. The molecule has 3 aliphatic heterocycles. The van der Waals surface area contributed by atoms with E-state index < -0.39 is 89.1 Å². The van der Waals surface area contributed by atoms with Crippen LogP contribution in [0, 0.1) is 46.8 Å². The summed E-state index contributed by atoms with van der Waals surface area (Å²) in [6, 6.07) is 52.8. The number of likely N-dealkylation sites (N-methyl/N-ethyl adjacent to an activating group) is 2. The number of nitrogens with two attached hydrogens (primary N) is 1. The molecule has 0 aliphatic carbocycles. The van der Waals surface area contributed by atoms with E-state index in [4.69, 9.17) is 51.2 Å². The first-order chi connectivity index (χ1) is 56.6. The van der Waals surface area contributed by atoms with E-state index in [9.17, 15) is 63.1 Å². The molecule has 0 bridgehead atoms. The highest BCUT2D eigenvalue weighted by Crippen LogP contribution is 2.47. The van der Waals surface area contributed by atoms with Crippen LogP contribution in [-0.2, 0) is 100 Å². The first kappa shape index (κ1) is 100.0. The van der Waals surface area contributed by atoms with Crippen molar-refractivity contribution in [2.75, 3.05) is 32.7 Å². The molecule has 119 heavy (non-hydrogen) atoms. The van der Waals surface area contributed by atoms with E-state index in [-0.39, 0.29) is 76.9 Å². The van der Waals surface area contributed by atoms with Crippen molar-refractivity contribution >= 4 is 82.7 Å². The number of amides is 5. The zero-order valence-corrected chi connectivity index (χ0v) is 71.3. The Bertz CT molecular complexity index is 4150. The van der Waals surface area contributed by atoms with Crippen LogP contribution in [0.15, 0.2) is 176 Å². The second-order valence-electron chi connectivity index (χ2n) is 31.4. The van der Waals surface area contributed by atoms with Gasteiger partial charge >= 0.3 is 53.6 Å². The van der Waals surface area contributed by atoms with Crippen LogP contribution in [0.25, 0.3) is 0 Å². The summed E-state index contributed by atoms with van der Waals surface area (Å²) in [5.74, 6) is -2.68. The summed E-state index contributed by atoms with van der Waals surface area (Å²) < 4.78 is 30.5. The molecule has 3 aliphatic rings. The van der Waals surface area contributed by atoms with Crippen LogP contribution in [0.2, 0.25) is 0 Å². The molecule has 2 saturated heterocycles. The fraction of sp³-hybridized carbons (Fsp3) is 0.473. The summed E-state index contributed by atoms with van der Waals surface area (Å²) in [6.07, 6.45) is 4.98. The number of carboxylic acids is 3. The van der Waals surface area contributed by atoms with Gasteiger partial charge < -0.3 is 59.7 Å². The van der Waals surface area contributed by atoms with Gasteiger partial charge in [0.25, 0.3) is 0 Å². The molecule has 1 spiro atoms. The molecule has 2 fully saturated rings. The number of para-hydroxylation sites is 1. The van der Waals surface area contributed by atoms with Crippen LogP contribution in [0.4, 0.5) is 24.9 Å². The Morgan fingerprint density at radius 2 is 0.908 bits per heavy atom. The fourth-order valence-electron chi connectivity index (χ4n) is 12.4. The predicted octanol–water partition coefficient (Wildman–Crippen LogP) is 16.8. The molecule has 7 atom stereocenters. The summed E-state index contributed by atoms with van der Waals surface area (Å²) in [5, 5.41) is 39.6. The Balaban J connectivity index is 0.000000316. The maximum Gasteiger partial charge on any atom is 0.413 e. The lowest BCUT2D eigenvalue weighted by Crippen LogP contribution is -2.51. The maximum atomic E-state index is 13.9. The molecule has 9 rings (SSSR count). The number of carboxylic acid groups (broad SMARTS) is 3. The monoisotopic (exact) mass is 1670 g/mol. The largest absolute Gasteiger partial charge is 0.481 e. The number of esters is 2. The van der Waals surface area contributed by atoms with Crippen LogP contribution in [0.1, 0.15) is 180 Å². The molecule has 3 heterocycles. The molecule has 6 N–H and O–H groups in total. The van der Waals surface area contributed by atoms with E-state index >= 15 is 0 Å². The molecule has 0 saturated carbocycles. The van der Waals surface area contributed by atoms with Crippen molar-refractivity contribution in [2.45, 2.75) is 215 Å². The van der Waals surface area contributed by atoms with Gasteiger partial charge in [-0.1, -0.05) is 246 Å². The van der Waals surface area contributed by atoms with Crippen molar-refractivity contribution in [1.29, 1.82) is 5.26 Å². The van der Waals surface area contributed by atoms with Crippen molar-refractivity contribution in [3.05, 3.63) is 209 Å². The van der Waals surface area contributed by atoms with Gasteiger partial charge in [0.05, 0.1) is 23.8 Å². The minimum Gasteiger partial charge on any atom is -0.481 e. The van der Waals surface area contributed by atoms with Crippen LogP contribution in [-0.4, -0.2) is 158 Å². The van der Waals surface area contributed by atoms with Crippen molar-refractivity contribution in [3.8, 4) is 6.07 Å². The average Bonchev–Trinajstić information content (AvgIpc) is 1.57. The highest BCUT2D eigenvalue weighted by Gasteiger charge is 2.57. The van der Waals surface area contributed by atoms with Crippen LogP contribution < -0.4 is 11.1 Å². The summed E-state index contributed by atoms with van der Waals surface area (Å²) in [6.45, 7) is 21.4. The number of nitrogens with zero attached hydrogens (tertiary/aromatic N) is 5. The zero-order chi connectivity index (χ0) is 88.2. The van der Waals surface area contributed by atoms with E-state index in [1.54, 1.807) is 7.05 Å². The highest BCUT2D eigenvalue weighted by atomic mass is 35.5. The molecular weight excluding hydrogens is 1550 g/mol. The molecule has 6 aromatic rings. The molecule has 646 valence electrons. The number of anilines is 1. The Labute approximate surface area is 704 Å². The van der Waals surface area contributed by atoms with E-state index in [1.165, 1.54) is 21.7 Å². The van der Waals surface area contributed by atoms with Gasteiger partial charge in [0.2, 0.25) is 11.8 Å². The molecule has 6 aromatic carbocycles. The minimum absolute atomic E-state index is 0.0186. The van der Waals surface area contributed by atoms with Gasteiger partial charge in [-0.05, 0) is 127 Å². The van der Waals surface area contributed by atoms with Gasteiger partial charge in [-0.2, -0.15) is 5.26 Å². The number of halogens is 1. The molecular formula is C91H120ClN7O20. The van der Waals surface area contributed by atoms with Crippen LogP contribution in [0.5, 0.6) is 0 Å². The molecule has 0 radical (unpaired) electrons. The summed E-state index contributed by atoms with van der Waals surface area (Å²) in [7, 11) is 3.02. The average molecular weight is 1670 g/mol. The number of rotatable bonds is 33. The van der Waals surface area contributed by atoms with Crippen molar-refractivity contribution in [2.24, 2.45) is 41.2 Å². The Kier molecular flexibility index (Phi) is 44.6. The van der Waals surface area contributed by atoms with Gasteiger partial charge in [-0.25, -0.2) is 28.8 Å². The number of hydrogen-bond donors (Lipinski definition) is 5. The summed E-state index contributed by atoms with van der Waals surface area (Å²) in [4.78, 5) is 135. The molecule has 5 amide bonds. The zero-order valence-electron chi connectivity index (χ0n) is 70.5. The quantitative estimate of drug-likeness (QED) is 0.0145. The SMILES string of the molecule is CC(C)CC[C@@H](C(=O)N1C[C@]2(C[C@H]1C#N)C(=O)Nc1ccccc12)N(C)C(=O)OCc1ccccc1.CC(C)CC[C@@H](C(=O)O)N(C)C(=O)OCc1ccccc1.CC(C)CC[C@H](CC(=O)OCc1ccccc1)C(=O)O.CC(C)CC[C@H](N)C(=O)O.CC(C)CC[C@H]1C(=O)OCN1C(=O)OCc1ccccc1.O=C(Cl)OCc1ccccc1. The smallest absolute Gasteiger partial charge is 0.413 e. The van der Waals surface area contributed by atoms with E-state index in [1.807, 2.05) is 204 Å². The standard InChI is InChI=1S/C28H32N4O4.C16H21NO4.C16H23NO4.C16H22O4.C8H7ClO2.C7H15NO2/c1-19(2)13-14-24(31(3)27(35)36-17-20-9-5-4-6-10-20)25(33)32-18-28(15-21(32)16-29)22-11-7-8-12-23(22)30-26(28)34;1-12(2)8-9-14-15(18)21-11-17(14)16(19)20-10-13-6-4-3-5-7-13;1-12(2)9-10-14(15(18)19)17(3)16(20)21-11-13-7-5-4-6-8-13;1-12(2)8-9-14(16(18)19)10-15(17)20-11-13-6-4-3-5-7-13;9-8(10)11-6-7-4-2-1-3-5-7;1-5(2)3-4-6(8)7(9)10/h4-12,19,21,24H,13-15,17-18H2,1-3H3,(H,30,34);3-7,12,14H,8-11H2,1-2H3;4-8,12,14H,9-11H2,1-3H3,(H,18,19);3-7,12,14H,8-11H2,1-2H3,(H,18,19);1-5H,6H2;5-6H,3-4,8H2,1-2H3,(H,9,10)/t21-,24-,28-;3*14-;;6-/m0001.0/s1. The Morgan fingerprint density at radius 3 is 1.33 bits per heavy atom. The molecule has 0 aromatic heterocycles. The third-order valence-electron chi connectivity index (χ3n) is 19.6. The number of likely N-dealkylation sites (tertiary alicyclic amines) is 1. The molecule has 28 heteroatoms. The Morgan fingerprint density at radius 1 is 0.513 bits per heavy atom. The summed E-state index contributed by atoms with van der Waals surface area (Å²) in [5.41, 5.74) is 9.50. The van der Waals surface area contributed by atoms with Crippen LogP contribution in [0.3, 0.4) is 0 Å². The van der Waals surface area contributed by atoms with Gasteiger partial charge in [0.15, 0.2) is 6.73 Å². The normalized spacial score (nSPS) is 15.7. The number of hydrogen-bond acceptors (Lipinski definition) is 19. The third-order valence-corrected chi connectivity index (χ3v) is 19.7. The van der Waals surface area contributed by atoms with Gasteiger partial charge in [0, 0.05) is 44.3 Å². The van der Waals surface area contributed by atoms with Gasteiger partial charge in [-0.15, -0.1) is 0 Å². The van der Waals surface area contributed by atoms with Crippen molar-refractivity contribution < 1.29 is 96.5 Å². The molecule has 27 nitrogen and oxygen atoms in total. The third kappa shape index (κ3) is 36.6. The number of nitrogens with one attached hydrogen (secondary N) is 1. The number of carbonyl (C=O) groups excluding carboxylic acids is 8. The minimum atomic E-state index is -1.00. The Hall–Kier alpha value is -11.4. The summed E-state index contributed by atoms with van der Waals surface area (Å²) >= 11 is 4.97. The fourth-order valence-corrected chi connectivity index (χ4v) is 12.5. The van der Waals surface area contributed by atoms with Gasteiger partial charge in [0.1, 0.15) is 63.2 Å². The number of benzene rings is 6. The number of ether oxygens (including phenoxy) is 6. The van der Waals surface area contributed by atoms with Crippen molar-refractivity contribution in [3.63, 3.8) is 0 Å². The van der Waals surface area contributed by atoms with Crippen molar-refractivity contribution in [1.82, 2.24) is 19.6 Å². The van der Waals surface area contributed by atoms with E-state index in [0.29, 0.717) is 73.8 Å². The lowest BCUT2D eigenvalue weighted by atomic mass is 9.80. The second kappa shape index (κ2) is 53.1. The second-order valence-corrected chi connectivity index (χ2v) is 31.7. The number of aliphatic carboxylic acids is 3. The first-order valence-electron chi connectivity index (χ1n) is 40.2. The number of fused-ring (bicyclic) bond motifs is 2. The first-order valence-corrected chi connectivity index (χ1v) is 40.6. The van der Waals surface area contributed by atoms with Gasteiger partial charge in [-0.3, -0.25) is 38.7 Å². The predicted molar refractivity (Wildman–Crippen MR) is 450 cm³/mol. The lowest BCUT2D eigenvalue weighted by Gasteiger charge is -2.32. The number of cyclic esters (lactones) is 1. The lowest BCUT2D eigenvalue weighted by molar-refractivity contribution is -0.152. The number of carbonyl (C=O) groups is 11. The van der Waals surface area contributed by atoms with E-state index in [0.717, 1.165) is 64.0 Å².